The van der Waals surface area contributed by atoms with Gasteiger partial charge in [-0.15, -0.1) is 0 Å². The maximum atomic E-state index is 13.1. The minimum atomic E-state index is -0.988. The van der Waals surface area contributed by atoms with Crippen molar-refractivity contribution >= 4 is 11.9 Å². The van der Waals surface area contributed by atoms with Crippen molar-refractivity contribution < 1.29 is 14.7 Å². The van der Waals surface area contributed by atoms with Crippen LogP contribution >= 0.6 is 0 Å². The highest BCUT2D eigenvalue weighted by Crippen LogP contribution is 2.36. The van der Waals surface area contributed by atoms with Gasteiger partial charge in [0.25, 0.3) is 5.91 Å². The van der Waals surface area contributed by atoms with Crippen LogP contribution in [0.15, 0.2) is 30.5 Å². The van der Waals surface area contributed by atoms with E-state index in [4.69, 9.17) is 0 Å². The second kappa shape index (κ2) is 7.18. The van der Waals surface area contributed by atoms with Gasteiger partial charge in [-0.3, -0.25) is 4.79 Å². The molecule has 4 rings (SSSR count). The molecule has 142 valence electrons. The summed E-state index contributed by atoms with van der Waals surface area (Å²) in [6.45, 7) is 2.58. The minimum Gasteiger partial charge on any atom is -0.478 e. The lowest BCUT2D eigenvalue weighted by Crippen LogP contribution is -2.49. The van der Waals surface area contributed by atoms with Gasteiger partial charge in [0.2, 0.25) is 0 Å². The fraction of sp³-hybridized carbons (Fsp3) is 0.476. The topological polar surface area (TPSA) is 75.4 Å². The van der Waals surface area contributed by atoms with E-state index in [0.29, 0.717) is 23.2 Å². The van der Waals surface area contributed by atoms with Crippen molar-refractivity contribution in [2.75, 3.05) is 6.54 Å². The van der Waals surface area contributed by atoms with Crippen LogP contribution in [-0.4, -0.2) is 44.3 Å². The summed E-state index contributed by atoms with van der Waals surface area (Å²) in [5.74, 6) is -0.212. The maximum Gasteiger partial charge on any atom is 0.339 e. The van der Waals surface area contributed by atoms with Crippen LogP contribution in [0.1, 0.15) is 64.9 Å². The van der Waals surface area contributed by atoms with Crippen LogP contribution in [-0.2, 0) is 0 Å². The molecule has 2 aromatic rings. The maximum absolute atomic E-state index is 13.1. The number of hydrogen-bond acceptors (Lipinski definition) is 3. The molecule has 0 spiro atoms. The number of hydrogen-bond donors (Lipinski definition) is 1. The second-order valence-electron chi connectivity index (χ2n) is 7.66. The van der Waals surface area contributed by atoms with Crippen LogP contribution in [0.4, 0.5) is 0 Å². The second-order valence-corrected chi connectivity index (χ2v) is 7.66. The first-order valence-corrected chi connectivity index (χ1v) is 9.75. The third-order valence-corrected chi connectivity index (χ3v) is 6.10. The number of piperidine rings is 1. The van der Waals surface area contributed by atoms with E-state index < -0.39 is 5.97 Å². The van der Waals surface area contributed by atoms with Gasteiger partial charge in [0.05, 0.1) is 17.6 Å². The Morgan fingerprint density at radius 2 is 1.78 bits per heavy atom. The summed E-state index contributed by atoms with van der Waals surface area (Å²) < 4.78 is 1.59. The number of nitrogens with zero attached hydrogens (tertiary/aromatic N) is 3. The summed E-state index contributed by atoms with van der Waals surface area (Å²) in [6, 6.07) is 7.71. The first-order valence-electron chi connectivity index (χ1n) is 9.75. The molecular weight excluding hydrogens is 342 g/mol. The van der Waals surface area contributed by atoms with E-state index in [9.17, 15) is 14.7 Å². The molecule has 2 fully saturated rings. The Bertz CT molecular complexity index is 854. The van der Waals surface area contributed by atoms with Gasteiger partial charge in [0, 0.05) is 18.2 Å². The van der Waals surface area contributed by atoms with Gasteiger partial charge in [-0.05, 0) is 62.8 Å². The Balaban J connectivity index is 1.55. The molecule has 1 aromatic heterocycles. The van der Waals surface area contributed by atoms with E-state index in [1.807, 2.05) is 24.3 Å². The summed E-state index contributed by atoms with van der Waals surface area (Å²) in [4.78, 5) is 26.4. The number of carbonyl (C=O) groups excluding carboxylic acids is 1. The molecule has 1 aromatic carbocycles. The molecule has 2 atom stereocenters. The third-order valence-electron chi connectivity index (χ3n) is 6.10. The smallest absolute Gasteiger partial charge is 0.339 e. The number of carboxylic acid groups (broad SMARTS) is 1. The molecule has 1 saturated heterocycles. The van der Waals surface area contributed by atoms with E-state index in [2.05, 4.69) is 10.00 Å². The Labute approximate surface area is 158 Å². The molecule has 6 nitrogen and oxygen atoms in total. The van der Waals surface area contributed by atoms with Gasteiger partial charge in [-0.25, -0.2) is 9.48 Å². The molecule has 2 heterocycles. The van der Waals surface area contributed by atoms with Crippen LogP contribution in [0.25, 0.3) is 5.69 Å². The van der Waals surface area contributed by atoms with Crippen LogP contribution in [0.2, 0.25) is 0 Å². The molecule has 1 amide bonds. The number of benzene rings is 1. The summed E-state index contributed by atoms with van der Waals surface area (Å²) in [6.07, 6.45) is 8.58. The zero-order valence-corrected chi connectivity index (χ0v) is 15.6. The van der Waals surface area contributed by atoms with Crippen molar-refractivity contribution in [3.8, 4) is 5.69 Å². The summed E-state index contributed by atoms with van der Waals surface area (Å²) >= 11 is 0. The zero-order valence-electron chi connectivity index (χ0n) is 15.6. The van der Waals surface area contributed by atoms with Gasteiger partial charge in [-0.2, -0.15) is 5.10 Å². The Morgan fingerprint density at radius 1 is 1.07 bits per heavy atom. The SMILES string of the molecule is Cc1c(C(=O)O)cnn1-c1ccc(C(=O)N2CCC[C@H]3CCCC[C@H]32)cc1. The van der Waals surface area contributed by atoms with Crippen LogP contribution < -0.4 is 0 Å². The lowest BCUT2D eigenvalue weighted by Gasteiger charge is -2.44. The Kier molecular flexibility index (Phi) is 4.72. The highest BCUT2D eigenvalue weighted by molar-refractivity contribution is 5.94. The van der Waals surface area contributed by atoms with Crippen molar-refractivity contribution in [1.82, 2.24) is 14.7 Å². The standard InChI is InChI=1S/C21H25N3O3/c1-14-18(21(26)27)13-22-24(14)17-10-8-16(9-11-17)20(25)23-12-4-6-15-5-2-3-7-19(15)23/h8-11,13,15,19H,2-7,12H2,1H3,(H,26,27)/t15-,19-/m1/s1. The molecule has 27 heavy (non-hydrogen) atoms. The molecule has 0 bridgehead atoms. The molecule has 1 saturated carbocycles. The highest BCUT2D eigenvalue weighted by atomic mass is 16.4. The molecular formula is C21H25N3O3. The number of aromatic carboxylic acids is 1. The fourth-order valence-corrected chi connectivity index (χ4v) is 4.67. The van der Waals surface area contributed by atoms with Crippen LogP contribution in [0.5, 0.6) is 0 Å². The largest absolute Gasteiger partial charge is 0.478 e. The number of likely N-dealkylation sites (tertiary alicyclic amines) is 1. The van der Waals surface area contributed by atoms with Crippen molar-refractivity contribution in [1.29, 1.82) is 0 Å². The quantitative estimate of drug-likeness (QED) is 0.898. The molecule has 1 N–H and O–H groups in total. The molecule has 0 unspecified atom stereocenters. The number of carbonyl (C=O) groups is 2. The summed E-state index contributed by atoms with van der Waals surface area (Å²) in [5.41, 5.74) is 2.20. The average molecular weight is 367 g/mol. The first-order chi connectivity index (χ1) is 13.1. The number of aromatic nitrogens is 2. The number of fused-ring (bicyclic) bond motifs is 1. The average Bonchev–Trinajstić information content (AvgIpc) is 3.09. The van der Waals surface area contributed by atoms with Crippen molar-refractivity contribution in [3.63, 3.8) is 0 Å². The van der Waals surface area contributed by atoms with E-state index in [1.165, 1.54) is 31.9 Å². The Hall–Kier alpha value is -2.63. The summed E-state index contributed by atoms with van der Waals surface area (Å²) in [7, 11) is 0. The van der Waals surface area contributed by atoms with E-state index in [-0.39, 0.29) is 11.5 Å². The highest BCUT2D eigenvalue weighted by Gasteiger charge is 2.35. The van der Waals surface area contributed by atoms with E-state index in [1.54, 1.807) is 11.6 Å². The van der Waals surface area contributed by atoms with Gasteiger partial charge < -0.3 is 10.0 Å². The first kappa shape index (κ1) is 17.8. The number of amides is 1. The predicted molar refractivity (Wildman–Crippen MR) is 101 cm³/mol. The Morgan fingerprint density at radius 3 is 2.48 bits per heavy atom. The lowest BCUT2D eigenvalue weighted by molar-refractivity contribution is 0.0390. The molecule has 1 aliphatic heterocycles. The molecule has 0 radical (unpaired) electrons. The molecule has 2 aliphatic rings. The van der Waals surface area contributed by atoms with Gasteiger partial charge in [-0.1, -0.05) is 12.8 Å². The van der Waals surface area contributed by atoms with E-state index in [0.717, 1.165) is 25.1 Å². The normalized spacial score (nSPS) is 22.3. The molecule has 1 aliphatic carbocycles. The fourth-order valence-electron chi connectivity index (χ4n) is 4.67. The predicted octanol–water partition coefficient (Wildman–Crippen LogP) is 3.67. The van der Waals surface area contributed by atoms with Crippen LogP contribution in [0.3, 0.4) is 0 Å². The number of carboxylic acids is 1. The zero-order chi connectivity index (χ0) is 19.0. The van der Waals surface area contributed by atoms with Crippen LogP contribution in [0, 0.1) is 12.8 Å². The van der Waals surface area contributed by atoms with Gasteiger partial charge in [0.1, 0.15) is 5.56 Å². The van der Waals surface area contributed by atoms with Gasteiger partial charge >= 0.3 is 5.97 Å². The van der Waals surface area contributed by atoms with Crippen molar-refractivity contribution in [2.24, 2.45) is 5.92 Å². The monoisotopic (exact) mass is 367 g/mol. The van der Waals surface area contributed by atoms with Gasteiger partial charge in [0.15, 0.2) is 0 Å². The van der Waals surface area contributed by atoms with E-state index >= 15 is 0 Å². The molecule has 6 heteroatoms. The lowest BCUT2D eigenvalue weighted by atomic mass is 9.78. The summed E-state index contributed by atoms with van der Waals surface area (Å²) in [5, 5.41) is 13.3. The third kappa shape index (κ3) is 3.24. The number of rotatable bonds is 3. The minimum absolute atomic E-state index is 0.113. The van der Waals surface area contributed by atoms with Crippen molar-refractivity contribution in [3.05, 3.63) is 47.3 Å². The van der Waals surface area contributed by atoms with Crippen molar-refractivity contribution in [2.45, 2.75) is 51.5 Å².